The molecule has 2 aromatic rings. The lowest BCUT2D eigenvalue weighted by Crippen LogP contribution is -2.28. The van der Waals surface area contributed by atoms with E-state index in [9.17, 15) is 22.8 Å². The average molecular weight is 383 g/mol. The van der Waals surface area contributed by atoms with Crippen molar-refractivity contribution in [1.29, 1.82) is 0 Å². The summed E-state index contributed by atoms with van der Waals surface area (Å²) < 4.78 is 51.4. The van der Waals surface area contributed by atoms with E-state index in [2.05, 4.69) is 10.1 Å². The summed E-state index contributed by atoms with van der Waals surface area (Å²) >= 11 is 0. The van der Waals surface area contributed by atoms with Gasteiger partial charge in [-0.15, -0.1) is 0 Å². The smallest absolute Gasteiger partial charge is 0.387 e. The van der Waals surface area contributed by atoms with Crippen molar-refractivity contribution in [3.05, 3.63) is 59.4 Å². The van der Waals surface area contributed by atoms with Gasteiger partial charge in [-0.1, -0.05) is 12.1 Å². The second kappa shape index (κ2) is 9.46. The number of hydrogen-bond acceptors (Lipinski definition) is 5. The number of benzene rings is 2. The van der Waals surface area contributed by atoms with Gasteiger partial charge in [-0.2, -0.15) is 8.78 Å². The fraction of sp³-hybridized carbons (Fsp3) is 0.222. The number of nitrogens with one attached hydrogen (secondary N) is 1. The molecule has 0 saturated carbocycles. The van der Waals surface area contributed by atoms with Crippen molar-refractivity contribution in [1.82, 2.24) is 5.32 Å². The summed E-state index contributed by atoms with van der Waals surface area (Å²) in [7, 11) is 1.23. The summed E-state index contributed by atoms with van der Waals surface area (Å²) in [6.45, 7) is -3.44. The molecule has 1 amide bonds. The fourth-order valence-electron chi connectivity index (χ4n) is 2.06. The normalized spacial score (nSPS) is 10.4. The van der Waals surface area contributed by atoms with Crippen molar-refractivity contribution in [2.24, 2.45) is 0 Å². The van der Waals surface area contributed by atoms with E-state index in [0.29, 0.717) is 5.56 Å². The van der Waals surface area contributed by atoms with Crippen LogP contribution in [0.5, 0.6) is 11.5 Å². The average Bonchev–Trinajstić information content (AvgIpc) is 2.65. The van der Waals surface area contributed by atoms with Crippen LogP contribution in [0.1, 0.15) is 15.9 Å². The minimum Gasteiger partial charge on any atom is -0.493 e. The van der Waals surface area contributed by atoms with Gasteiger partial charge in [0.25, 0.3) is 5.91 Å². The van der Waals surface area contributed by atoms with Crippen LogP contribution in [-0.2, 0) is 16.1 Å². The van der Waals surface area contributed by atoms with E-state index >= 15 is 0 Å². The second-order valence-corrected chi connectivity index (χ2v) is 5.22. The quantitative estimate of drug-likeness (QED) is 0.710. The topological polar surface area (TPSA) is 73.9 Å². The van der Waals surface area contributed by atoms with Crippen LogP contribution >= 0.6 is 0 Å². The third kappa shape index (κ3) is 6.21. The maximum absolute atomic E-state index is 12.8. The van der Waals surface area contributed by atoms with Gasteiger partial charge in [0.1, 0.15) is 5.82 Å². The van der Waals surface area contributed by atoms with Gasteiger partial charge in [0, 0.05) is 6.54 Å². The summed E-state index contributed by atoms with van der Waals surface area (Å²) in [4.78, 5) is 23.7. The Bertz CT molecular complexity index is 796. The lowest BCUT2D eigenvalue weighted by atomic mass is 10.2. The number of alkyl halides is 2. The zero-order valence-corrected chi connectivity index (χ0v) is 14.2. The van der Waals surface area contributed by atoms with E-state index in [4.69, 9.17) is 9.47 Å². The van der Waals surface area contributed by atoms with Crippen molar-refractivity contribution < 1.29 is 37.0 Å². The molecule has 2 rings (SSSR count). The molecule has 144 valence electrons. The zero-order chi connectivity index (χ0) is 19.8. The first-order valence-corrected chi connectivity index (χ1v) is 7.70. The van der Waals surface area contributed by atoms with Crippen LogP contribution in [-0.4, -0.2) is 32.2 Å². The third-order valence-corrected chi connectivity index (χ3v) is 3.35. The maximum atomic E-state index is 12.8. The number of rotatable bonds is 8. The number of esters is 1. The molecule has 0 radical (unpaired) electrons. The number of amides is 1. The first-order chi connectivity index (χ1) is 12.9. The highest BCUT2D eigenvalue weighted by Gasteiger charge is 2.16. The Balaban J connectivity index is 1.87. The van der Waals surface area contributed by atoms with Crippen LogP contribution in [0.3, 0.4) is 0 Å². The van der Waals surface area contributed by atoms with Crippen LogP contribution < -0.4 is 14.8 Å². The van der Waals surface area contributed by atoms with E-state index in [1.807, 2.05) is 0 Å². The second-order valence-electron chi connectivity index (χ2n) is 5.22. The van der Waals surface area contributed by atoms with E-state index < -0.39 is 25.1 Å². The molecular weight excluding hydrogens is 367 g/mol. The first-order valence-electron chi connectivity index (χ1n) is 7.70. The standard InChI is InChI=1S/C18H16F3NO5/c1-25-15-8-12(4-7-14(15)27-18(20)21)17(24)26-10-16(23)22-9-11-2-5-13(19)6-3-11/h2-8,18H,9-10H2,1H3,(H,22,23). The highest BCUT2D eigenvalue weighted by atomic mass is 19.3. The molecular formula is C18H16F3NO5. The Morgan fingerprint density at radius 1 is 1.07 bits per heavy atom. The van der Waals surface area contributed by atoms with E-state index in [1.165, 1.54) is 37.4 Å². The van der Waals surface area contributed by atoms with Gasteiger partial charge in [-0.3, -0.25) is 4.79 Å². The molecule has 0 bridgehead atoms. The van der Waals surface area contributed by atoms with Gasteiger partial charge < -0.3 is 19.5 Å². The number of carbonyl (C=O) groups is 2. The minimum absolute atomic E-state index is 0.000184. The molecule has 0 fully saturated rings. The highest BCUT2D eigenvalue weighted by Crippen LogP contribution is 2.29. The Hall–Kier alpha value is -3.23. The van der Waals surface area contributed by atoms with Crippen LogP contribution in [0.4, 0.5) is 13.2 Å². The largest absolute Gasteiger partial charge is 0.493 e. The SMILES string of the molecule is COc1cc(C(=O)OCC(=O)NCc2ccc(F)cc2)ccc1OC(F)F. The third-order valence-electron chi connectivity index (χ3n) is 3.35. The van der Waals surface area contributed by atoms with Crippen LogP contribution in [0.15, 0.2) is 42.5 Å². The van der Waals surface area contributed by atoms with Crippen molar-refractivity contribution in [2.45, 2.75) is 13.2 Å². The number of hydrogen-bond donors (Lipinski definition) is 1. The predicted octanol–water partition coefficient (Wildman–Crippen LogP) is 2.91. The summed E-state index contributed by atoms with van der Waals surface area (Å²) in [6.07, 6.45) is 0. The van der Waals surface area contributed by atoms with Gasteiger partial charge in [0.15, 0.2) is 18.1 Å². The van der Waals surface area contributed by atoms with Crippen LogP contribution in [0.2, 0.25) is 0 Å². The number of carbonyl (C=O) groups excluding carboxylic acids is 2. The molecule has 0 unspecified atom stereocenters. The molecule has 27 heavy (non-hydrogen) atoms. The van der Waals surface area contributed by atoms with Gasteiger partial charge in [-0.25, -0.2) is 9.18 Å². The molecule has 2 aromatic carbocycles. The number of methoxy groups -OCH3 is 1. The molecule has 0 atom stereocenters. The summed E-state index contributed by atoms with van der Waals surface area (Å²) in [5.41, 5.74) is 0.676. The number of ether oxygens (including phenoxy) is 3. The van der Waals surface area contributed by atoms with Crippen molar-refractivity contribution >= 4 is 11.9 Å². The zero-order valence-electron chi connectivity index (χ0n) is 14.2. The highest BCUT2D eigenvalue weighted by molar-refractivity contribution is 5.92. The van der Waals surface area contributed by atoms with Crippen molar-refractivity contribution in [3.8, 4) is 11.5 Å². The molecule has 0 aromatic heterocycles. The molecule has 0 aliphatic rings. The Morgan fingerprint density at radius 2 is 1.78 bits per heavy atom. The first kappa shape index (κ1) is 20.1. The fourth-order valence-corrected chi connectivity index (χ4v) is 2.06. The van der Waals surface area contributed by atoms with Crippen molar-refractivity contribution in [2.75, 3.05) is 13.7 Å². The minimum atomic E-state index is -3.04. The van der Waals surface area contributed by atoms with Crippen LogP contribution in [0.25, 0.3) is 0 Å². The Kier molecular flexibility index (Phi) is 7.04. The molecule has 0 saturated heterocycles. The molecule has 0 heterocycles. The van der Waals surface area contributed by atoms with Gasteiger partial charge in [-0.05, 0) is 35.9 Å². The molecule has 0 aliphatic carbocycles. The van der Waals surface area contributed by atoms with Crippen LogP contribution in [0, 0.1) is 5.82 Å². The van der Waals surface area contributed by atoms with Gasteiger partial charge >= 0.3 is 12.6 Å². The molecule has 0 spiro atoms. The van der Waals surface area contributed by atoms with E-state index in [1.54, 1.807) is 0 Å². The predicted molar refractivity (Wildman–Crippen MR) is 88.2 cm³/mol. The van der Waals surface area contributed by atoms with E-state index in [0.717, 1.165) is 12.1 Å². The molecule has 9 heteroatoms. The lowest BCUT2D eigenvalue weighted by Gasteiger charge is -2.11. The lowest BCUT2D eigenvalue weighted by molar-refractivity contribution is -0.124. The maximum Gasteiger partial charge on any atom is 0.387 e. The monoisotopic (exact) mass is 383 g/mol. The van der Waals surface area contributed by atoms with Crippen molar-refractivity contribution in [3.63, 3.8) is 0 Å². The number of halogens is 3. The molecule has 1 N–H and O–H groups in total. The van der Waals surface area contributed by atoms with Gasteiger partial charge in [0.05, 0.1) is 12.7 Å². The Morgan fingerprint density at radius 3 is 2.41 bits per heavy atom. The molecule has 0 aliphatic heterocycles. The summed E-state index contributed by atoms with van der Waals surface area (Å²) in [5, 5.41) is 2.51. The Labute approximate surface area is 152 Å². The summed E-state index contributed by atoms with van der Waals surface area (Å²) in [6, 6.07) is 9.05. The summed E-state index contributed by atoms with van der Waals surface area (Å²) in [5.74, 6) is -2.10. The van der Waals surface area contributed by atoms with E-state index in [-0.39, 0.29) is 29.4 Å². The molecule has 6 nitrogen and oxygen atoms in total. The van der Waals surface area contributed by atoms with Gasteiger partial charge in [0.2, 0.25) is 0 Å².